The second kappa shape index (κ2) is 7.80. The quantitative estimate of drug-likeness (QED) is 0.668. The van der Waals surface area contributed by atoms with Crippen LogP contribution >= 0.6 is 11.6 Å². The van der Waals surface area contributed by atoms with E-state index in [0.717, 1.165) is 5.56 Å². The summed E-state index contributed by atoms with van der Waals surface area (Å²) in [4.78, 5) is 4.62. The lowest BCUT2D eigenvalue weighted by Crippen LogP contribution is -2.25. The average Bonchev–Trinajstić information content (AvgIpc) is 3.13. The van der Waals surface area contributed by atoms with E-state index >= 15 is 0 Å². The third kappa shape index (κ3) is 3.96. The number of hydrogen-bond acceptors (Lipinski definition) is 1. The van der Waals surface area contributed by atoms with Crippen molar-refractivity contribution < 1.29 is 4.39 Å². The monoisotopic (exact) mass is 379 g/mol. The van der Waals surface area contributed by atoms with Crippen molar-refractivity contribution in [3.05, 3.63) is 106 Å². The second-order valence-corrected chi connectivity index (χ2v) is 6.87. The Morgan fingerprint density at radius 3 is 1.89 bits per heavy atom. The minimum absolute atomic E-state index is 0.0658. The predicted molar refractivity (Wildman–Crippen MR) is 107 cm³/mol. The molecule has 3 nitrogen and oxygen atoms in total. The lowest BCUT2D eigenvalue weighted by atomic mass is 9.95. The maximum Gasteiger partial charge on any atom is 0.192 e. The van der Waals surface area contributed by atoms with Crippen molar-refractivity contribution in [1.29, 1.82) is 0 Å². The molecule has 0 unspecified atom stereocenters. The Labute approximate surface area is 162 Å². The van der Waals surface area contributed by atoms with Gasteiger partial charge < -0.3 is 10.6 Å². The summed E-state index contributed by atoms with van der Waals surface area (Å²) in [6, 6.07) is 25.1. The first-order valence-electron chi connectivity index (χ1n) is 8.82. The van der Waals surface area contributed by atoms with Gasteiger partial charge >= 0.3 is 0 Å². The fourth-order valence-corrected chi connectivity index (χ4v) is 3.51. The zero-order chi connectivity index (χ0) is 18.6. The zero-order valence-corrected chi connectivity index (χ0v) is 15.3. The van der Waals surface area contributed by atoms with Crippen molar-refractivity contribution in [3.8, 4) is 0 Å². The Hall–Kier alpha value is -2.85. The van der Waals surface area contributed by atoms with Gasteiger partial charge in [-0.2, -0.15) is 0 Å². The van der Waals surface area contributed by atoms with Crippen LogP contribution in [0.4, 0.5) is 4.39 Å². The highest BCUT2D eigenvalue weighted by Crippen LogP contribution is 2.32. The van der Waals surface area contributed by atoms with E-state index in [1.54, 1.807) is 6.07 Å². The summed E-state index contributed by atoms with van der Waals surface area (Å²) in [5.74, 6) is 0.361. The molecule has 0 radical (unpaired) electrons. The summed E-state index contributed by atoms with van der Waals surface area (Å²) in [7, 11) is 0. The topological polar surface area (TPSA) is 36.4 Å². The summed E-state index contributed by atoms with van der Waals surface area (Å²) in [6.45, 7) is 0.372. The maximum atomic E-state index is 13.2. The zero-order valence-electron chi connectivity index (χ0n) is 14.6. The van der Waals surface area contributed by atoms with E-state index < -0.39 is 0 Å². The lowest BCUT2D eigenvalue weighted by molar-refractivity contribution is 0.554. The van der Waals surface area contributed by atoms with Gasteiger partial charge in [0, 0.05) is 5.02 Å². The summed E-state index contributed by atoms with van der Waals surface area (Å²) in [5.41, 5.74) is 3.15. The standard InChI is InChI=1S/C22H19ClFN3/c23-19-13-18(24)12-11-17(19)14-25-22-26-20(15-7-3-1-4-8-15)21(27-22)16-9-5-2-6-10-16/h1-13,20-21H,14H2,(H2,25,26,27)/t20-,21+. The van der Waals surface area contributed by atoms with Crippen molar-refractivity contribution >= 4 is 17.6 Å². The normalized spacial score (nSPS) is 20.3. The molecule has 1 aliphatic rings. The number of aliphatic imine (C=N–C) groups is 1. The van der Waals surface area contributed by atoms with Gasteiger partial charge in [0.25, 0.3) is 0 Å². The molecule has 4 rings (SSSR count). The number of halogens is 2. The number of benzene rings is 3. The first-order chi connectivity index (χ1) is 13.2. The molecule has 0 spiro atoms. The van der Waals surface area contributed by atoms with Gasteiger partial charge in [-0.25, -0.2) is 9.38 Å². The first-order valence-corrected chi connectivity index (χ1v) is 9.20. The molecule has 2 atom stereocenters. The molecule has 3 aromatic rings. The molecule has 0 bridgehead atoms. The molecule has 5 heteroatoms. The van der Waals surface area contributed by atoms with Crippen LogP contribution in [0.2, 0.25) is 5.02 Å². The van der Waals surface area contributed by atoms with Gasteiger partial charge in [-0.05, 0) is 28.8 Å². The third-order valence-electron chi connectivity index (χ3n) is 4.66. The first kappa shape index (κ1) is 17.6. The smallest absolute Gasteiger partial charge is 0.192 e. The van der Waals surface area contributed by atoms with Gasteiger partial charge in [0.05, 0.1) is 18.6 Å². The molecular formula is C22H19ClFN3. The van der Waals surface area contributed by atoms with Crippen molar-refractivity contribution in [1.82, 2.24) is 10.6 Å². The molecule has 1 saturated heterocycles. The van der Waals surface area contributed by atoms with Crippen LogP contribution in [0.25, 0.3) is 0 Å². The van der Waals surface area contributed by atoms with E-state index in [9.17, 15) is 4.39 Å². The molecule has 1 heterocycles. The van der Waals surface area contributed by atoms with Gasteiger partial charge in [0.15, 0.2) is 5.96 Å². The predicted octanol–water partition coefficient (Wildman–Crippen LogP) is 5.01. The molecule has 1 fully saturated rings. The van der Waals surface area contributed by atoms with Gasteiger partial charge in [-0.15, -0.1) is 0 Å². The van der Waals surface area contributed by atoms with E-state index in [2.05, 4.69) is 39.9 Å². The number of guanidine groups is 1. The van der Waals surface area contributed by atoms with E-state index in [0.29, 0.717) is 17.5 Å². The van der Waals surface area contributed by atoms with Crippen LogP contribution in [0.3, 0.4) is 0 Å². The molecular weight excluding hydrogens is 361 g/mol. The van der Waals surface area contributed by atoms with E-state index in [-0.39, 0.29) is 17.9 Å². The summed E-state index contributed by atoms with van der Waals surface area (Å²) in [6.07, 6.45) is 0. The molecule has 2 N–H and O–H groups in total. The highest BCUT2D eigenvalue weighted by Gasteiger charge is 2.32. The van der Waals surface area contributed by atoms with Crippen LogP contribution in [-0.4, -0.2) is 5.96 Å². The highest BCUT2D eigenvalue weighted by atomic mass is 35.5. The van der Waals surface area contributed by atoms with Crippen LogP contribution in [-0.2, 0) is 6.54 Å². The third-order valence-corrected chi connectivity index (χ3v) is 5.01. The number of nitrogens with one attached hydrogen (secondary N) is 2. The van der Waals surface area contributed by atoms with Gasteiger partial charge in [-0.3, -0.25) is 0 Å². The Morgan fingerprint density at radius 1 is 0.815 bits per heavy atom. The summed E-state index contributed by atoms with van der Waals surface area (Å²) < 4.78 is 13.2. The van der Waals surface area contributed by atoms with Crippen molar-refractivity contribution in [2.75, 3.05) is 0 Å². The van der Waals surface area contributed by atoms with Crippen LogP contribution in [0.1, 0.15) is 28.8 Å². The maximum absolute atomic E-state index is 13.2. The molecule has 0 amide bonds. The Balaban J connectivity index is 1.60. The average molecular weight is 380 g/mol. The largest absolute Gasteiger partial charge is 0.347 e. The number of rotatable bonds is 4. The van der Waals surface area contributed by atoms with Crippen LogP contribution in [0.5, 0.6) is 0 Å². The van der Waals surface area contributed by atoms with E-state index in [4.69, 9.17) is 11.6 Å². The highest BCUT2D eigenvalue weighted by molar-refractivity contribution is 6.31. The fourth-order valence-electron chi connectivity index (χ4n) is 3.28. The Bertz CT molecular complexity index is 895. The van der Waals surface area contributed by atoms with Gasteiger partial charge in [0.1, 0.15) is 5.82 Å². The van der Waals surface area contributed by atoms with Crippen LogP contribution in [0, 0.1) is 5.82 Å². The van der Waals surface area contributed by atoms with Crippen molar-refractivity contribution in [2.24, 2.45) is 4.99 Å². The minimum atomic E-state index is -0.346. The van der Waals surface area contributed by atoms with Crippen molar-refractivity contribution in [2.45, 2.75) is 18.6 Å². The van der Waals surface area contributed by atoms with Crippen molar-refractivity contribution in [3.63, 3.8) is 0 Å². The SMILES string of the molecule is Fc1ccc(CN=C2N[C@H](c3ccccc3)[C@H](c3ccccc3)N2)c(Cl)c1. The Morgan fingerprint density at radius 2 is 1.37 bits per heavy atom. The molecule has 0 aromatic heterocycles. The fraction of sp³-hybridized carbons (Fsp3) is 0.136. The number of nitrogens with zero attached hydrogens (tertiary/aromatic N) is 1. The molecule has 0 saturated carbocycles. The molecule has 136 valence electrons. The molecule has 0 aliphatic carbocycles. The van der Waals surface area contributed by atoms with Gasteiger partial charge in [0.2, 0.25) is 0 Å². The second-order valence-electron chi connectivity index (χ2n) is 6.47. The summed E-state index contributed by atoms with van der Waals surface area (Å²) in [5, 5.41) is 7.34. The van der Waals surface area contributed by atoms with Crippen LogP contribution in [0.15, 0.2) is 83.9 Å². The molecule has 3 aromatic carbocycles. The lowest BCUT2D eigenvalue weighted by Gasteiger charge is -2.19. The van der Waals surface area contributed by atoms with E-state index in [1.807, 2.05) is 36.4 Å². The summed E-state index contributed by atoms with van der Waals surface area (Å²) >= 11 is 6.11. The van der Waals surface area contributed by atoms with E-state index in [1.165, 1.54) is 23.3 Å². The van der Waals surface area contributed by atoms with Crippen LogP contribution < -0.4 is 10.6 Å². The molecule has 1 aliphatic heterocycles. The number of hydrogen-bond donors (Lipinski definition) is 2. The molecule has 27 heavy (non-hydrogen) atoms. The Kier molecular flexibility index (Phi) is 5.07. The minimum Gasteiger partial charge on any atom is -0.347 e. The van der Waals surface area contributed by atoms with Gasteiger partial charge in [-0.1, -0.05) is 78.3 Å².